The number of rotatable bonds is 5. The Balaban J connectivity index is 1.60. The molecule has 1 aromatic carbocycles. The number of ether oxygens (including phenoxy) is 1. The van der Waals surface area contributed by atoms with E-state index in [1.54, 1.807) is 0 Å². The monoisotopic (exact) mass is 245 g/mol. The van der Waals surface area contributed by atoms with Gasteiger partial charge in [-0.25, -0.2) is 0 Å². The van der Waals surface area contributed by atoms with Crippen LogP contribution in [0.3, 0.4) is 0 Å². The molecular weight excluding hydrogens is 226 g/mol. The lowest BCUT2D eigenvalue weighted by molar-refractivity contribution is -0.122. The molecule has 2 fully saturated rings. The molecule has 96 valence electrons. The van der Waals surface area contributed by atoms with E-state index in [2.05, 4.69) is 5.32 Å². The Bertz CT molecular complexity index is 436. The number of nitrogens with one attached hydrogen (secondary N) is 1. The molecule has 0 atom stereocenters. The van der Waals surface area contributed by atoms with Crippen molar-refractivity contribution in [3.8, 4) is 5.75 Å². The Labute approximate surface area is 108 Å². The van der Waals surface area contributed by atoms with Gasteiger partial charge < -0.3 is 10.1 Å². The third-order valence-corrected chi connectivity index (χ3v) is 3.72. The minimum atomic E-state index is 0.188. The van der Waals surface area contributed by atoms with Crippen LogP contribution >= 0.6 is 0 Å². The van der Waals surface area contributed by atoms with Gasteiger partial charge in [-0.2, -0.15) is 0 Å². The lowest BCUT2D eigenvalue weighted by atomic mass is 9.96. The molecular formula is C15H19NO2. The highest BCUT2D eigenvalue weighted by Crippen LogP contribution is 2.30. The van der Waals surface area contributed by atoms with Crippen molar-refractivity contribution in [3.05, 3.63) is 29.8 Å². The molecule has 3 nitrogen and oxygen atoms in total. The van der Waals surface area contributed by atoms with Gasteiger partial charge in [0.05, 0.1) is 6.10 Å². The van der Waals surface area contributed by atoms with E-state index in [1.807, 2.05) is 24.3 Å². The van der Waals surface area contributed by atoms with Crippen molar-refractivity contribution in [2.75, 3.05) is 0 Å². The molecule has 1 amide bonds. The molecule has 3 heteroatoms. The molecule has 0 aliphatic heterocycles. The van der Waals surface area contributed by atoms with Crippen molar-refractivity contribution in [1.29, 1.82) is 0 Å². The van der Waals surface area contributed by atoms with E-state index in [0.717, 1.165) is 37.0 Å². The predicted octanol–water partition coefficient (Wildman–Crippen LogP) is 2.64. The van der Waals surface area contributed by atoms with Crippen LogP contribution < -0.4 is 10.1 Å². The van der Waals surface area contributed by atoms with Gasteiger partial charge in [-0.15, -0.1) is 0 Å². The van der Waals surface area contributed by atoms with Crippen molar-refractivity contribution < 1.29 is 9.53 Å². The zero-order chi connectivity index (χ0) is 12.4. The van der Waals surface area contributed by atoms with E-state index in [-0.39, 0.29) is 11.8 Å². The summed E-state index contributed by atoms with van der Waals surface area (Å²) in [7, 11) is 0. The molecule has 0 aromatic heterocycles. The van der Waals surface area contributed by atoms with Gasteiger partial charge in [0.25, 0.3) is 0 Å². The summed E-state index contributed by atoms with van der Waals surface area (Å²) in [5.41, 5.74) is 1.08. The van der Waals surface area contributed by atoms with E-state index in [4.69, 9.17) is 4.74 Å². The highest BCUT2D eigenvalue weighted by Gasteiger charge is 2.29. The van der Waals surface area contributed by atoms with Crippen LogP contribution in [0.1, 0.15) is 37.7 Å². The molecule has 1 aromatic rings. The Kier molecular flexibility index (Phi) is 3.22. The van der Waals surface area contributed by atoms with Crippen LogP contribution in [-0.2, 0) is 11.3 Å². The minimum Gasteiger partial charge on any atom is -0.490 e. The number of hydrogen-bond acceptors (Lipinski definition) is 2. The van der Waals surface area contributed by atoms with E-state index in [1.165, 1.54) is 6.42 Å². The van der Waals surface area contributed by atoms with Gasteiger partial charge in [0.1, 0.15) is 5.75 Å². The number of carbonyl (C=O) groups is 1. The second kappa shape index (κ2) is 5.01. The van der Waals surface area contributed by atoms with Crippen molar-refractivity contribution in [3.63, 3.8) is 0 Å². The smallest absolute Gasteiger partial charge is 0.223 e. The number of para-hydroxylation sites is 1. The van der Waals surface area contributed by atoms with E-state index < -0.39 is 0 Å². The maximum atomic E-state index is 11.6. The van der Waals surface area contributed by atoms with E-state index in [9.17, 15) is 4.79 Å². The third-order valence-electron chi connectivity index (χ3n) is 3.72. The van der Waals surface area contributed by atoms with Gasteiger partial charge in [-0.3, -0.25) is 4.79 Å². The highest BCUT2D eigenvalue weighted by atomic mass is 16.5. The summed E-state index contributed by atoms with van der Waals surface area (Å²) in [5, 5.41) is 2.99. The molecule has 0 unspecified atom stereocenters. The summed E-state index contributed by atoms with van der Waals surface area (Å²) in [4.78, 5) is 11.6. The zero-order valence-electron chi connectivity index (χ0n) is 10.5. The average Bonchev–Trinajstić information content (AvgIpc) is 3.16. The van der Waals surface area contributed by atoms with Crippen molar-refractivity contribution in [2.45, 2.75) is 44.8 Å². The fourth-order valence-electron chi connectivity index (χ4n) is 2.11. The first-order valence-electron chi connectivity index (χ1n) is 6.85. The quantitative estimate of drug-likeness (QED) is 0.866. The lowest BCUT2D eigenvalue weighted by Gasteiger charge is -2.27. The van der Waals surface area contributed by atoms with Crippen LogP contribution in [-0.4, -0.2) is 12.0 Å². The molecule has 0 bridgehead atoms. The van der Waals surface area contributed by atoms with Crippen LogP contribution in [0.5, 0.6) is 5.75 Å². The molecule has 2 saturated carbocycles. The first kappa shape index (κ1) is 11.6. The molecule has 2 aliphatic rings. The molecule has 0 heterocycles. The Morgan fingerprint density at radius 3 is 2.67 bits per heavy atom. The highest BCUT2D eigenvalue weighted by molar-refractivity contribution is 5.80. The summed E-state index contributed by atoms with van der Waals surface area (Å²) in [6.45, 7) is 0.582. The maximum Gasteiger partial charge on any atom is 0.223 e. The van der Waals surface area contributed by atoms with Gasteiger partial charge in [0, 0.05) is 18.0 Å². The third kappa shape index (κ3) is 2.66. The average molecular weight is 245 g/mol. The number of carbonyl (C=O) groups excluding carboxylic acids is 1. The minimum absolute atomic E-state index is 0.188. The van der Waals surface area contributed by atoms with Crippen LogP contribution in [0, 0.1) is 5.92 Å². The van der Waals surface area contributed by atoms with Gasteiger partial charge >= 0.3 is 0 Å². The number of hydrogen-bond donors (Lipinski definition) is 1. The van der Waals surface area contributed by atoms with Crippen LogP contribution in [0.4, 0.5) is 0 Å². The summed E-state index contributed by atoms with van der Waals surface area (Å²) < 4.78 is 5.94. The van der Waals surface area contributed by atoms with Crippen LogP contribution in [0.15, 0.2) is 24.3 Å². The first-order valence-corrected chi connectivity index (χ1v) is 6.85. The topological polar surface area (TPSA) is 38.3 Å². The maximum absolute atomic E-state index is 11.6. The Hall–Kier alpha value is -1.51. The Morgan fingerprint density at radius 1 is 1.22 bits per heavy atom. The Morgan fingerprint density at radius 2 is 2.00 bits per heavy atom. The van der Waals surface area contributed by atoms with Gasteiger partial charge in [-0.05, 0) is 38.2 Å². The molecule has 3 rings (SSSR count). The predicted molar refractivity (Wildman–Crippen MR) is 69.3 cm³/mol. The molecule has 2 aliphatic carbocycles. The normalized spacial score (nSPS) is 19.1. The standard InChI is InChI=1S/C15H19NO2/c17-15(11-8-9-11)16-10-12-4-1-2-7-14(12)18-13-5-3-6-13/h1-2,4,7,11,13H,3,5-6,8-10H2,(H,16,17). The summed E-state index contributed by atoms with van der Waals surface area (Å²) in [5.74, 6) is 1.39. The largest absolute Gasteiger partial charge is 0.490 e. The molecule has 0 spiro atoms. The SMILES string of the molecule is O=C(NCc1ccccc1OC1CCC1)C1CC1. The lowest BCUT2D eigenvalue weighted by Crippen LogP contribution is -2.27. The molecule has 0 saturated heterocycles. The number of benzene rings is 1. The summed E-state index contributed by atoms with van der Waals surface area (Å²) >= 11 is 0. The van der Waals surface area contributed by atoms with E-state index >= 15 is 0 Å². The molecule has 18 heavy (non-hydrogen) atoms. The second-order valence-electron chi connectivity index (χ2n) is 5.27. The van der Waals surface area contributed by atoms with Crippen molar-refractivity contribution >= 4 is 5.91 Å². The second-order valence-corrected chi connectivity index (χ2v) is 5.27. The van der Waals surface area contributed by atoms with Gasteiger partial charge in [-0.1, -0.05) is 18.2 Å². The van der Waals surface area contributed by atoms with Crippen LogP contribution in [0.2, 0.25) is 0 Å². The van der Waals surface area contributed by atoms with Crippen LogP contribution in [0.25, 0.3) is 0 Å². The molecule has 0 radical (unpaired) electrons. The fourth-order valence-corrected chi connectivity index (χ4v) is 2.11. The van der Waals surface area contributed by atoms with Gasteiger partial charge in [0.15, 0.2) is 0 Å². The first-order chi connectivity index (χ1) is 8.83. The van der Waals surface area contributed by atoms with Gasteiger partial charge in [0.2, 0.25) is 5.91 Å². The van der Waals surface area contributed by atoms with E-state index in [0.29, 0.717) is 12.6 Å². The number of amides is 1. The van der Waals surface area contributed by atoms with Crippen molar-refractivity contribution in [2.24, 2.45) is 5.92 Å². The van der Waals surface area contributed by atoms with Crippen molar-refractivity contribution in [1.82, 2.24) is 5.32 Å². The zero-order valence-corrected chi connectivity index (χ0v) is 10.5. The summed E-state index contributed by atoms with van der Waals surface area (Å²) in [6, 6.07) is 8.00. The summed E-state index contributed by atoms with van der Waals surface area (Å²) in [6.07, 6.45) is 6.06. The fraction of sp³-hybridized carbons (Fsp3) is 0.533. The molecule has 1 N–H and O–H groups in total.